The first kappa shape index (κ1) is 29.9. The summed E-state index contributed by atoms with van der Waals surface area (Å²) in [6, 6.07) is 9.51. The number of benzene rings is 2. The molecule has 42 heavy (non-hydrogen) atoms. The van der Waals surface area contributed by atoms with Gasteiger partial charge in [-0.3, -0.25) is 9.78 Å². The summed E-state index contributed by atoms with van der Waals surface area (Å²) >= 11 is 7.55. The van der Waals surface area contributed by atoms with Gasteiger partial charge in [0.2, 0.25) is 5.78 Å². The van der Waals surface area contributed by atoms with Gasteiger partial charge in [-0.2, -0.15) is 0 Å². The van der Waals surface area contributed by atoms with Crippen LogP contribution in [0.3, 0.4) is 0 Å². The number of aromatic nitrogens is 1. The molecule has 7 nitrogen and oxygen atoms in total. The molecule has 1 amide bonds. The smallest absolute Gasteiger partial charge is 0.407 e. The molecule has 1 aliphatic carbocycles. The van der Waals surface area contributed by atoms with Crippen molar-refractivity contribution in [1.29, 1.82) is 0 Å². The van der Waals surface area contributed by atoms with Gasteiger partial charge in [-0.05, 0) is 67.8 Å². The maximum Gasteiger partial charge on any atom is 0.407 e. The van der Waals surface area contributed by atoms with Crippen LogP contribution in [0.4, 0.5) is 13.6 Å². The fraction of sp³-hybridized carbons (Fsp3) is 0.323. The van der Waals surface area contributed by atoms with Crippen molar-refractivity contribution in [3.8, 4) is 16.9 Å². The summed E-state index contributed by atoms with van der Waals surface area (Å²) in [7, 11) is 2.95. The number of carbonyl (C=O) groups excluding carboxylic acids is 1. The number of hydrogen-bond acceptors (Lipinski definition) is 6. The fourth-order valence-electron chi connectivity index (χ4n) is 5.65. The van der Waals surface area contributed by atoms with Gasteiger partial charge < -0.3 is 20.1 Å². The monoisotopic (exact) mass is 613 g/mol. The number of rotatable bonds is 8. The predicted octanol–water partition coefficient (Wildman–Crippen LogP) is 7.45. The van der Waals surface area contributed by atoms with E-state index >= 15 is 4.39 Å². The summed E-state index contributed by atoms with van der Waals surface area (Å²) in [5, 5.41) is 13.1. The van der Waals surface area contributed by atoms with E-state index in [1.165, 1.54) is 24.3 Å². The lowest BCUT2D eigenvalue weighted by molar-refractivity contribution is 0.104. The first-order chi connectivity index (χ1) is 20.1. The third-order valence-electron chi connectivity index (χ3n) is 7.89. The van der Waals surface area contributed by atoms with Crippen LogP contribution in [-0.4, -0.2) is 53.1 Å². The van der Waals surface area contributed by atoms with E-state index in [9.17, 15) is 19.1 Å². The quantitative estimate of drug-likeness (QED) is 0.201. The van der Waals surface area contributed by atoms with Crippen LogP contribution in [0.2, 0.25) is 5.02 Å². The third kappa shape index (κ3) is 5.71. The van der Waals surface area contributed by atoms with Crippen molar-refractivity contribution in [3.05, 3.63) is 81.0 Å². The van der Waals surface area contributed by atoms with Crippen molar-refractivity contribution in [1.82, 2.24) is 15.2 Å². The largest absolute Gasteiger partial charge is 0.495 e. The van der Waals surface area contributed by atoms with Crippen molar-refractivity contribution < 1.29 is 28.2 Å². The molecule has 1 aliphatic rings. The molecule has 220 valence electrons. The Bertz CT molecular complexity index is 1670. The molecule has 11 heteroatoms. The van der Waals surface area contributed by atoms with Gasteiger partial charge in [0.1, 0.15) is 16.6 Å². The highest BCUT2D eigenvalue weighted by molar-refractivity contribution is 7.21. The van der Waals surface area contributed by atoms with E-state index < -0.39 is 23.5 Å². The summed E-state index contributed by atoms with van der Waals surface area (Å²) in [6.07, 6.45) is 3.38. The summed E-state index contributed by atoms with van der Waals surface area (Å²) in [5.41, 5.74) is 1.56. The molecule has 2 aromatic carbocycles. The van der Waals surface area contributed by atoms with Gasteiger partial charge in [0.25, 0.3) is 0 Å². The molecule has 0 unspecified atom stereocenters. The SMILES string of the molecule is COc1c(Cl)c(F)c(-c2ccnc(C)c2)c(C(=O)c2cc3cccc(F)c3s2)c1CNC1CCC(N(C)C(=O)O)CC1. The number of amides is 1. The van der Waals surface area contributed by atoms with E-state index in [-0.39, 0.29) is 45.4 Å². The Morgan fingerprint density at radius 2 is 1.93 bits per heavy atom. The van der Waals surface area contributed by atoms with E-state index in [4.69, 9.17) is 16.3 Å². The van der Waals surface area contributed by atoms with Crippen LogP contribution in [0.25, 0.3) is 21.2 Å². The highest BCUT2D eigenvalue weighted by Gasteiger charge is 2.32. The summed E-state index contributed by atoms with van der Waals surface area (Å²) < 4.78 is 36.6. The maximum atomic E-state index is 16.1. The Hall–Kier alpha value is -3.60. The lowest BCUT2D eigenvalue weighted by atomic mass is 9.88. The Morgan fingerprint density at radius 3 is 2.57 bits per heavy atom. The van der Waals surface area contributed by atoms with Crippen molar-refractivity contribution >= 4 is 44.9 Å². The molecule has 2 aromatic heterocycles. The minimum atomic E-state index is -0.958. The van der Waals surface area contributed by atoms with E-state index in [1.54, 1.807) is 44.3 Å². The highest BCUT2D eigenvalue weighted by atomic mass is 35.5. The molecule has 2 heterocycles. The fourth-order valence-corrected chi connectivity index (χ4v) is 6.95. The van der Waals surface area contributed by atoms with Crippen molar-refractivity contribution in [2.75, 3.05) is 14.2 Å². The molecular formula is C31H30ClF2N3O4S. The van der Waals surface area contributed by atoms with Crippen LogP contribution in [-0.2, 0) is 6.54 Å². The molecule has 0 saturated heterocycles. The first-order valence-electron chi connectivity index (χ1n) is 13.5. The third-order valence-corrected chi connectivity index (χ3v) is 9.38. The van der Waals surface area contributed by atoms with Gasteiger partial charge in [-0.15, -0.1) is 11.3 Å². The van der Waals surface area contributed by atoms with Crippen LogP contribution in [0.1, 0.15) is 52.2 Å². The molecule has 4 aromatic rings. The molecule has 1 fully saturated rings. The zero-order valence-electron chi connectivity index (χ0n) is 23.3. The van der Waals surface area contributed by atoms with Crippen molar-refractivity contribution in [3.63, 3.8) is 0 Å². The molecule has 0 spiro atoms. The lowest BCUT2D eigenvalue weighted by Gasteiger charge is -2.34. The number of nitrogens with one attached hydrogen (secondary N) is 1. The van der Waals surface area contributed by atoms with Gasteiger partial charge in [0.05, 0.1) is 16.7 Å². The number of methoxy groups -OCH3 is 1. The number of fused-ring (bicyclic) bond motifs is 1. The van der Waals surface area contributed by atoms with Crippen molar-refractivity contribution in [2.24, 2.45) is 0 Å². The average Bonchev–Trinajstić information content (AvgIpc) is 3.43. The van der Waals surface area contributed by atoms with E-state index in [2.05, 4.69) is 10.3 Å². The average molecular weight is 614 g/mol. The second-order valence-electron chi connectivity index (χ2n) is 10.5. The molecule has 2 N–H and O–H groups in total. The van der Waals surface area contributed by atoms with Crippen LogP contribution < -0.4 is 10.1 Å². The number of ether oxygens (including phenoxy) is 1. The Morgan fingerprint density at radius 1 is 1.19 bits per heavy atom. The number of hydrogen-bond donors (Lipinski definition) is 2. The zero-order valence-corrected chi connectivity index (χ0v) is 24.9. The minimum absolute atomic E-state index is 0.0258. The Kier molecular flexibility index (Phi) is 8.77. The molecule has 0 aliphatic heterocycles. The van der Waals surface area contributed by atoms with Crippen LogP contribution in [0.15, 0.2) is 42.6 Å². The number of halogens is 3. The lowest BCUT2D eigenvalue weighted by Crippen LogP contribution is -2.42. The molecule has 0 bridgehead atoms. The second kappa shape index (κ2) is 12.3. The number of aryl methyl sites for hydroxylation is 1. The summed E-state index contributed by atoms with van der Waals surface area (Å²) in [4.78, 5) is 31.5. The summed E-state index contributed by atoms with van der Waals surface area (Å²) in [5.74, 6) is -1.66. The summed E-state index contributed by atoms with van der Waals surface area (Å²) in [6.45, 7) is 1.91. The normalized spacial score (nSPS) is 16.9. The minimum Gasteiger partial charge on any atom is -0.495 e. The van der Waals surface area contributed by atoms with Gasteiger partial charge in [0, 0.05) is 54.3 Å². The van der Waals surface area contributed by atoms with Gasteiger partial charge in [0.15, 0.2) is 5.82 Å². The van der Waals surface area contributed by atoms with E-state index in [0.29, 0.717) is 39.7 Å². The van der Waals surface area contributed by atoms with E-state index in [0.717, 1.165) is 24.2 Å². The standard InChI is InChI=1S/C31H30ClF2N3O4S/c1-16-13-17(11-12-35-16)24-25(28(38)23-14-18-5-4-6-22(33)30(18)42-23)21(29(41-3)26(32)27(24)34)15-36-19-7-9-20(10-8-19)37(2)31(39)40/h4-6,11-14,19-20,36H,7-10,15H2,1-3H3,(H,39,40). The molecule has 0 atom stereocenters. The molecule has 5 rings (SSSR count). The molecule has 1 saturated carbocycles. The van der Waals surface area contributed by atoms with Crippen LogP contribution in [0, 0.1) is 18.6 Å². The number of carbonyl (C=O) groups is 2. The van der Waals surface area contributed by atoms with Crippen molar-refractivity contribution in [2.45, 2.75) is 51.2 Å². The maximum absolute atomic E-state index is 16.1. The number of pyridine rings is 1. The predicted molar refractivity (Wildman–Crippen MR) is 160 cm³/mol. The second-order valence-corrected chi connectivity index (χ2v) is 11.9. The van der Waals surface area contributed by atoms with Gasteiger partial charge in [-0.1, -0.05) is 23.7 Å². The van der Waals surface area contributed by atoms with Gasteiger partial charge in [-0.25, -0.2) is 13.6 Å². The number of thiophene rings is 1. The van der Waals surface area contributed by atoms with Crippen LogP contribution >= 0.6 is 22.9 Å². The number of ketones is 1. The highest BCUT2D eigenvalue weighted by Crippen LogP contribution is 2.43. The number of nitrogens with zero attached hydrogens (tertiary/aromatic N) is 2. The van der Waals surface area contributed by atoms with E-state index in [1.807, 2.05) is 0 Å². The Balaban J connectivity index is 1.60. The topological polar surface area (TPSA) is 91.8 Å². The molecule has 0 radical (unpaired) electrons. The zero-order chi connectivity index (χ0) is 30.1. The van der Waals surface area contributed by atoms with Gasteiger partial charge >= 0.3 is 6.09 Å². The first-order valence-corrected chi connectivity index (χ1v) is 14.7. The van der Waals surface area contributed by atoms with Crippen LogP contribution in [0.5, 0.6) is 5.75 Å². The number of carboxylic acid groups (broad SMARTS) is 1. The molecular weight excluding hydrogens is 584 g/mol. The Labute approximate surface area is 251 Å².